The maximum absolute atomic E-state index is 14.5. The average molecular weight is 462 g/mol. The normalized spacial score (nSPS) is 12.4. The van der Waals surface area contributed by atoms with Crippen molar-refractivity contribution in [2.75, 3.05) is 5.32 Å². The van der Waals surface area contributed by atoms with Crippen molar-refractivity contribution in [3.05, 3.63) is 88.6 Å². The Labute approximate surface area is 195 Å². The van der Waals surface area contributed by atoms with Gasteiger partial charge in [-0.2, -0.15) is 0 Å². The molecule has 33 heavy (non-hydrogen) atoms. The number of pyridine rings is 1. The molecule has 0 unspecified atom stereocenters. The van der Waals surface area contributed by atoms with Crippen molar-refractivity contribution in [1.29, 1.82) is 0 Å². The Kier molecular flexibility index (Phi) is 5.98. The van der Waals surface area contributed by atoms with Crippen molar-refractivity contribution in [2.45, 2.75) is 32.4 Å². The van der Waals surface area contributed by atoms with Crippen LogP contribution in [0, 0.1) is 12.4 Å². The lowest BCUT2D eigenvalue weighted by atomic mass is 10.0. The van der Waals surface area contributed by atoms with E-state index in [0.717, 1.165) is 16.5 Å². The molecule has 2 aromatic heterocycles. The highest BCUT2D eigenvalue weighted by atomic mass is 35.5. The molecular formula is C25H21ClFN5O. The molecule has 0 saturated carbocycles. The van der Waals surface area contributed by atoms with Crippen molar-refractivity contribution in [3.63, 3.8) is 0 Å². The second kappa shape index (κ2) is 8.74. The van der Waals surface area contributed by atoms with Gasteiger partial charge in [0.15, 0.2) is 11.5 Å². The number of aromatic nitrogens is 3. The number of benzene rings is 2. The molecule has 2 aromatic carbocycles. The van der Waals surface area contributed by atoms with E-state index in [-0.39, 0.29) is 0 Å². The van der Waals surface area contributed by atoms with E-state index in [1.807, 2.05) is 25.1 Å². The van der Waals surface area contributed by atoms with E-state index in [1.165, 1.54) is 18.2 Å². The van der Waals surface area contributed by atoms with Gasteiger partial charge in [0.2, 0.25) is 0 Å². The summed E-state index contributed by atoms with van der Waals surface area (Å²) in [6.07, 6.45) is 4.85. The number of nitrogens with zero attached hydrogens (tertiary/aromatic N) is 4. The van der Waals surface area contributed by atoms with Gasteiger partial charge in [0.05, 0.1) is 28.8 Å². The van der Waals surface area contributed by atoms with Crippen LogP contribution in [0.3, 0.4) is 0 Å². The van der Waals surface area contributed by atoms with Gasteiger partial charge in [-0.15, -0.1) is 0 Å². The van der Waals surface area contributed by atoms with Crippen LogP contribution in [0.2, 0.25) is 5.02 Å². The lowest BCUT2D eigenvalue weighted by Gasteiger charge is -2.20. The summed E-state index contributed by atoms with van der Waals surface area (Å²) < 4.78 is 14.5. The van der Waals surface area contributed by atoms with E-state index < -0.39 is 17.5 Å². The van der Waals surface area contributed by atoms with E-state index in [9.17, 15) is 9.50 Å². The summed E-state index contributed by atoms with van der Waals surface area (Å²) >= 11 is 6.48. The van der Waals surface area contributed by atoms with Crippen LogP contribution in [0.5, 0.6) is 0 Å². The van der Waals surface area contributed by atoms with Crippen LogP contribution in [-0.2, 0) is 5.60 Å². The van der Waals surface area contributed by atoms with Crippen LogP contribution in [-0.4, -0.2) is 20.1 Å². The monoisotopic (exact) mass is 461 g/mol. The van der Waals surface area contributed by atoms with Crippen molar-refractivity contribution in [1.82, 2.24) is 15.0 Å². The molecule has 6 nitrogen and oxygen atoms in total. The third-order valence-corrected chi connectivity index (χ3v) is 5.58. The molecule has 2 N–H and O–H groups in total. The highest BCUT2D eigenvalue weighted by molar-refractivity contribution is 6.34. The molecule has 0 radical (unpaired) electrons. The standard InChI is InChI=1S/C25H21ClFN5O/c1-14(18-10-17(28-4)6-7-21(18)27)32-23-19-9-15(5-8-22(19)29-13-20(23)26)16-11-30-24(31-12-16)25(2,3)33/h5-14,33H,1-3H3,(H,29,32)/t14-/m1/s1. The minimum absolute atomic E-state index is 0.330. The highest BCUT2D eigenvalue weighted by Crippen LogP contribution is 2.36. The predicted molar refractivity (Wildman–Crippen MR) is 128 cm³/mol. The first kappa shape index (κ1) is 22.6. The summed E-state index contributed by atoms with van der Waals surface area (Å²) in [7, 11) is 0. The number of rotatable bonds is 5. The van der Waals surface area contributed by atoms with Gasteiger partial charge in [-0.1, -0.05) is 23.7 Å². The summed E-state index contributed by atoms with van der Waals surface area (Å²) in [4.78, 5) is 16.3. The zero-order valence-electron chi connectivity index (χ0n) is 18.3. The molecule has 4 aromatic rings. The molecule has 0 saturated heterocycles. The van der Waals surface area contributed by atoms with Gasteiger partial charge in [0.1, 0.15) is 11.4 Å². The maximum atomic E-state index is 14.5. The van der Waals surface area contributed by atoms with Gasteiger partial charge in [0.25, 0.3) is 0 Å². The fourth-order valence-corrected chi connectivity index (χ4v) is 3.72. The van der Waals surface area contributed by atoms with Crippen LogP contribution in [0.4, 0.5) is 15.8 Å². The molecule has 1 atom stereocenters. The molecule has 0 amide bonds. The Morgan fingerprint density at radius 2 is 1.79 bits per heavy atom. The Morgan fingerprint density at radius 3 is 2.45 bits per heavy atom. The number of aliphatic hydroxyl groups is 1. The largest absolute Gasteiger partial charge is 0.382 e. The highest BCUT2D eigenvalue weighted by Gasteiger charge is 2.20. The minimum atomic E-state index is -1.13. The number of halogens is 2. The number of fused-ring (bicyclic) bond motifs is 1. The summed E-state index contributed by atoms with van der Waals surface area (Å²) in [5.41, 5.74) is 2.52. The first-order valence-corrected chi connectivity index (χ1v) is 10.6. The van der Waals surface area contributed by atoms with Gasteiger partial charge in [-0.05, 0) is 56.2 Å². The van der Waals surface area contributed by atoms with Crippen LogP contribution >= 0.6 is 11.6 Å². The van der Waals surface area contributed by atoms with Crippen LogP contribution in [0.1, 0.15) is 38.2 Å². The molecular weight excluding hydrogens is 441 g/mol. The Morgan fingerprint density at radius 1 is 1.06 bits per heavy atom. The number of anilines is 1. The smallest absolute Gasteiger partial charge is 0.187 e. The van der Waals surface area contributed by atoms with Crippen LogP contribution in [0.15, 0.2) is 55.0 Å². The molecule has 166 valence electrons. The van der Waals surface area contributed by atoms with E-state index in [1.54, 1.807) is 32.4 Å². The Hall–Kier alpha value is -3.60. The van der Waals surface area contributed by atoms with E-state index in [2.05, 4.69) is 25.1 Å². The fraction of sp³-hybridized carbons (Fsp3) is 0.200. The Bertz CT molecular complexity index is 1380. The summed E-state index contributed by atoms with van der Waals surface area (Å²) in [5.74, 6) is -0.0711. The van der Waals surface area contributed by atoms with Gasteiger partial charge in [-0.25, -0.2) is 19.2 Å². The average Bonchev–Trinajstić information content (AvgIpc) is 2.80. The lowest BCUT2D eigenvalue weighted by Crippen LogP contribution is -2.19. The Balaban J connectivity index is 1.75. The quantitative estimate of drug-likeness (QED) is 0.335. The number of nitrogens with one attached hydrogen (secondary N) is 1. The molecule has 0 fully saturated rings. The first-order valence-electron chi connectivity index (χ1n) is 10.2. The molecule has 0 bridgehead atoms. The summed E-state index contributed by atoms with van der Waals surface area (Å²) in [5, 5.41) is 14.5. The molecule has 0 aliphatic rings. The summed E-state index contributed by atoms with van der Waals surface area (Å²) in [6, 6.07) is 9.50. The van der Waals surface area contributed by atoms with Crippen molar-refractivity contribution in [2.24, 2.45) is 0 Å². The van der Waals surface area contributed by atoms with E-state index in [4.69, 9.17) is 18.2 Å². The van der Waals surface area contributed by atoms with Gasteiger partial charge < -0.3 is 10.4 Å². The number of hydrogen-bond donors (Lipinski definition) is 2. The molecule has 0 aliphatic carbocycles. The van der Waals surface area contributed by atoms with Crippen molar-refractivity contribution < 1.29 is 9.50 Å². The number of hydrogen-bond acceptors (Lipinski definition) is 5. The predicted octanol–water partition coefficient (Wildman–Crippen LogP) is 6.44. The lowest BCUT2D eigenvalue weighted by molar-refractivity contribution is 0.0687. The zero-order valence-corrected chi connectivity index (χ0v) is 19.0. The second-order valence-electron chi connectivity index (χ2n) is 8.25. The van der Waals surface area contributed by atoms with E-state index in [0.29, 0.717) is 33.3 Å². The summed E-state index contributed by atoms with van der Waals surface area (Å²) in [6.45, 7) is 12.3. The van der Waals surface area contributed by atoms with Gasteiger partial charge in [-0.3, -0.25) is 4.98 Å². The van der Waals surface area contributed by atoms with E-state index >= 15 is 0 Å². The third-order valence-electron chi connectivity index (χ3n) is 5.29. The molecule has 4 rings (SSSR count). The zero-order chi connectivity index (χ0) is 23.8. The molecule has 0 aliphatic heterocycles. The van der Waals surface area contributed by atoms with Crippen molar-refractivity contribution >= 4 is 33.9 Å². The SMILES string of the molecule is [C-]#[N+]c1ccc(F)c([C@@H](C)Nc2c(Cl)cnc3ccc(-c4cnc(C(C)(C)O)nc4)cc23)c1. The maximum Gasteiger partial charge on any atom is 0.187 e. The van der Waals surface area contributed by atoms with Crippen molar-refractivity contribution in [3.8, 4) is 11.1 Å². The third kappa shape index (κ3) is 4.63. The topological polar surface area (TPSA) is 75.3 Å². The molecule has 8 heteroatoms. The van der Waals surface area contributed by atoms with Gasteiger partial charge in [0, 0.05) is 29.5 Å². The van der Waals surface area contributed by atoms with Crippen LogP contribution in [0.25, 0.3) is 26.9 Å². The minimum Gasteiger partial charge on any atom is -0.382 e. The second-order valence-corrected chi connectivity index (χ2v) is 8.66. The molecule has 0 spiro atoms. The molecule has 2 heterocycles. The van der Waals surface area contributed by atoms with Crippen LogP contribution < -0.4 is 5.32 Å². The first-order chi connectivity index (χ1) is 15.7. The van der Waals surface area contributed by atoms with Gasteiger partial charge >= 0.3 is 0 Å². The fourth-order valence-electron chi connectivity index (χ4n) is 3.51.